The molecule has 1 atom stereocenters. The molecule has 0 saturated heterocycles. The third kappa shape index (κ3) is 4.27. The summed E-state index contributed by atoms with van der Waals surface area (Å²) in [6.45, 7) is 3.85. The molecular formula is C26H22Cl2N2O3S. The number of hydrogen-bond acceptors (Lipinski definition) is 5. The molecule has 5 nitrogen and oxygen atoms in total. The van der Waals surface area contributed by atoms with Gasteiger partial charge in [0, 0.05) is 39.4 Å². The van der Waals surface area contributed by atoms with Crippen LogP contribution in [0.3, 0.4) is 0 Å². The molecule has 0 saturated carbocycles. The van der Waals surface area contributed by atoms with Gasteiger partial charge in [-0.1, -0.05) is 41.4 Å². The predicted molar refractivity (Wildman–Crippen MR) is 137 cm³/mol. The monoisotopic (exact) mass is 512 g/mol. The highest BCUT2D eigenvalue weighted by molar-refractivity contribution is 7.21. The van der Waals surface area contributed by atoms with Crippen LogP contribution in [0.1, 0.15) is 47.1 Å². The molecule has 0 fully saturated rings. The van der Waals surface area contributed by atoms with Crippen molar-refractivity contribution in [1.29, 1.82) is 0 Å². The SMILES string of the molecule is CC(C)(O)c1c(C(=O)N[C@H]2CCOc3ccccc32)sc2c(-c3cc(Cl)cc(Cl)c3)ccnc12. The molecule has 0 radical (unpaired) electrons. The number of para-hydroxylation sites is 1. The van der Waals surface area contributed by atoms with E-state index in [1.54, 1.807) is 26.1 Å². The van der Waals surface area contributed by atoms with E-state index in [0.29, 0.717) is 39.0 Å². The lowest BCUT2D eigenvalue weighted by Gasteiger charge is -2.27. The first kappa shape index (κ1) is 23.1. The lowest BCUT2D eigenvalue weighted by molar-refractivity contribution is 0.0760. The van der Waals surface area contributed by atoms with E-state index < -0.39 is 5.60 Å². The second-order valence-corrected chi connectivity index (χ2v) is 10.7. The average Bonchev–Trinajstić information content (AvgIpc) is 3.19. The predicted octanol–water partition coefficient (Wildman–Crippen LogP) is 6.75. The van der Waals surface area contributed by atoms with Crippen LogP contribution in [0.25, 0.3) is 21.3 Å². The van der Waals surface area contributed by atoms with Crippen molar-refractivity contribution in [3.05, 3.63) is 80.8 Å². The van der Waals surface area contributed by atoms with Gasteiger partial charge in [-0.2, -0.15) is 0 Å². The molecule has 2 aromatic carbocycles. The third-order valence-corrected chi connectivity index (χ3v) is 7.48. The minimum atomic E-state index is -1.28. The van der Waals surface area contributed by atoms with Gasteiger partial charge in [0.25, 0.3) is 5.91 Å². The van der Waals surface area contributed by atoms with Gasteiger partial charge in [0.05, 0.1) is 28.5 Å². The van der Waals surface area contributed by atoms with Crippen molar-refractivity contribution in [2.24, 2.45) is 0 Å². The van der Waals surface area contributed by atoms with Crippen LogP contribution < -0.4 is 10.1 Å². The first-order valence-electron chi connectivity index (χ1n) is 10.9. The summed E-state index contributed by atoms with van der Waals surface area (Å²) in [7, 11) is 0. The Morgan fingerprint density at radius 2 is 1.91 bits per heavy atom. The van der Waals surface area contributed by atoms with Gasteiger partial charge in [-0.05, 0) is 49.7 Å². The first-order valence-corrected chi connectivity index (χ1v) is 12.4. The Kier molecular flexibility index (Phi) is 6.02. The zero-order chi connectivity index (χ0) is 24.0. The Morgan fingerprint density at radius 1 is 1.18 bits per heavy atom. The zero-order valence-corrected chi connectivity index (χ0v) is 20.9. The summed E-state index contributed by atoms with van der Waals surface area (Å²) in [6, 6.07) is 14.7. The number of fused-ring (bicyclic) bond motifs is 2. The largest absolute Gasteiger partial charge is 0.493 e. The minimum absolute atomic E-state index is 0.184. The molecule has 1 aliphatic heterocycles. The number of rotatable bonds is 4. The van der Waals surface area contributed by atoms with Crippen LogP contribution in [0.4, 0.5) is 0 Å². The van der Waals surface area contributed by atoms with Crippen molar-refractivity contribution < 1.29 is 14.6 Å². The van der Waals surface area contributed by atoms with Crippen LogP contribution in [-0.2, 0) is 5.60 Å². The molecule has 8 heteroatoms. The molecule has 34 heavy (non-hydrogen) atoms. The number of halogens is 2. The molecule has 5 rings (SSSR count). The van der Waals surface area contributed by atoms with Gasteiger partial charge < -0.3 is 15.2 Å². The summed E-state index contributed by atoms with van der Waals surface area (Å²) in [5, 5.41) is 15.2. The number of aromatic nitrogens is 1. The molecular weight excluding hydrogens is 491 g/mol. The standard InChI is InChI=1S/C26H22Cl2N2O3S/c1-26(2,32)21-22-23(17(7-9-29-22)14-11-15(27)13-16(28)12-14)34-24(21)25(31)30-19-8-10-33-20-6-4-3-5-18(19)20/h3-7,9,11-13,19,32H,8,10H2,1-2H3,(H,30,31)/t19-/m0/s1. The Labute approximate surface area is 211 Å². The second kappa shape index (κ2) is 8.86. The van der Waals surface area contributed by atoms with Gasteiger partial charge in [-0.3, -0.25) is 9.78 Å². The van der Waals surface area contributed by atoms with Gasteiger partial charge in [-0.15, -0.1) is 11.3 Å². The fraction of sp³-hybridized carbons (Fsp3) is 0.231. The Hall–Kier alpha value is -2.64. The topological polar surface area (TPSA) is 71.5 Å². The molecule has 0 spiro atoms. The maximum atomic E-state index is 13.6. The van der Waals surface area contributed by atoms with E-state index in [9.17, 15) is 9.90 Å². The summed E-state index contributed by atoms with van der Waals surface area (Å²) in [5.41, 5.74) is 2.42. The van der Waals surface area contributed by atoms with E-state index in [-0.39, 0.29) is 11.9 Å². The summed E-state index contributed by atoms with van der Waals surface area (Å²) in [5.74, 6) is 0.525. The quantitative estimate of drug-likeness (QED) is 0.317. The molecule has 0 bridgehead atoms. The number of pyridine rings is 1. The van der Waals surface area contributed by atoms with E-state index in [4.69, 9.17) is 27.9 Å². The summed E-state index contributed by atoms with van der Waals surface area (Å²) in [4.78, 5) is 18.6. The van der Waals surface area contributed by atoms with Gasteiger partial charge in [0.1, 0.15) is 10.6 Å². The first-order chi connectivity index (χ1) is 16.2. The van der Waals surface area contributed by atoms with Gasteiger partial charge in [0.15, 0.2) is 0 Å². The van der Waals surface area contributed by atoms with Gasteiger partial charge >= 0.3 is 0 Å². The van der Waals surface area contributed by atoms with E-state index in [0.717, 1.165) is 27.1 Å². The maximum Gasteiger partial charge on any atom is 0.262 e. The average molecular weight is 513 g/mol. The number of aliphatic hydroxyl groups is 1. The smallest absolute Gasteiger partial charge is 0.262 e. The summed E-state index contributed by atoms with van der Waals surface area (Å²) < 4.78 is 6.52. The molecule has 0 unspecified atom stereocenters. The highest BCUT2D eigenvalue weighted by atomic mass is 35.5. The highest BCUT2D eigenvalue weighted by Crippen LogP contribution is 2.43. The summed E-state index contributed by atoms with van der Waals surface area (Å²) >= 11 is 13.8. The normalized spacial score (nSPS) is 15.6. The summed E-state index contributed by atoms with van der Waals surface area (Å²) in [6.07, 6.45) is 2.33. The van der Waals surface area contributed by atoms with Crippen molar-refractivity contribution in [2.75, 3.05) is 6.61 Å². The van der Waals surface area contributed by atoms with E-state index in [1.807, 2.05) is 42.5 Å². The lowest BCUT2D eigenvalue weighted by atomic mass is 9.95. The van der Waals surface area contributed by atoms with Crippen molar-refractivity contribution >= 4 is 50.7 Å². The molecule has 2 N–H and O–H groups in total. The number of nitrogens with zero attached hydrogens (tertiary/aromatic N) is 1. The van der Waals surface area contributed by atoms with Crippen molar-refractivity contribution in [1.82, 2.24) is 10.3 Å². The lowest BCUT2D eigenvalue weighted by Crippen LogP contribution is -2.33. The molecule has 1 amide bonds. The van der Waals surface area contributed by atoms with Crippen LogP contribution in [0.15, 0.2) is 54.7 Å². The van der Waals surface area contributed by atoms with Crippen molar-refractivity contribution in [3.8, 4) is 16.9 Å². The van der Waals surface area contributed by atoms with Crippen LogP contribution in [0.5, 0.6) is 5.75 Å². The van der Waals surface area contributed by atoms with Crippen LogP contribution >= 0.6 is 34.5 Å². The van der Waals surface area contributed by atoms with Crippen LogP contribution in [0, 0.1) is 0 Å². The van der Waals surface area contributed by atoms with E-state index in [2.05, 4.69) is 10.3 Å². The molecule has 0 aliphatic carbocycles. The fourth-order valence-electron chi connectivity index (χ4n) is 4.37. The fourth-order valence-corrected chi connectivity index (χ4v) is 6.25. The Morgan fingerprint density at radius 3 is 2.65 bits per heavy atom. The molecule has 3 heterocycles. The zero-order valence-electron chi connectivity index (χ0n) is 18.6. The third-order valence-electron chi connectivity index (χ3n) is 5.83. The highest BCUT2D eigenvalue weighted by Gasteiger charge is 2.32. The number of hydrogen-bond donors (Lipinski definition) is 2. The number of ether oxygens (including phenoxy) is 1. The molecule has 4 aromatic rings. The number of carbonyl (C=O) groups is 1. The van der Waals surface area contributed by atoms with Gasteiger partial charge in [-0.25, -0.2) is 0 Å². The second-order valence-electron chi connectivity index (χ2n) is 8.76. The number of benzene rings is 2. The van der Waals surface area contributed by atoms with E-state index in [1.165, 1.54) is 11.3 Å². The number of amides is 1. The van der Waals surface area contributed by atoms with Crippen molar-refractivity contribution in [2.45, 2.75) is 31.9 Å². The van der Waals surface area contributed by atoms with Crippen LogP contribution in [0.2, 0.25) is 10.0 Å². The molecule has 174 valence electrons. The molecule has 2 aromatic heterocycles. The van der Waals surface area contributed by atoms with Crippen molar-refractivity contribution in [3.63, 3.8) is 0 Å². The Balaban J connectivity index is 1.62. The molecule has 1 aliphatic rings. The van der Waals surface area contributed by atoms with E-state index >= 15 is 0 Å². The minimum Gasteiger partial charge on any atom is -0.493 e. The number of thiophene rings is 1. The number of nitrogens with one attached hydrogen (secondary N) is 1. The van der Waals surface area contributed by atoms with Crippen LogP contribution in [-0.4, -0.2) is 22.6 Å². The number of carbonyl (C=O) groups excluding carboxylic acids is 1. The maximum absolute atomic E-state index is 13.6. The van der Waals surface area contributed by atoms with Gasteiger partial charge in [0.2, 0.25) is 0 Å². The Bertz CT molecular complexity index is 1390.